The Morgan fingerprint density at radius 3 is 2.56 bits per heavy atom. The molecule has 0 aliphatic heterocycles. The van der Waals surface area contributed by atoms with Crippen molar-refractivity contribution in [3.8, 4) is 23.1 Å². The molecule has 0 saturated carbocycles. The molecule has 9 nitrogen and oxygen atoms in total. The highest BCUT2D eigenvalue weighted by molar-refractivity contribution is 7.91. The summed E-state index contributed by atoms with van der Waals surface area (Å²) >= 11 is 0. The zero-order valence-electron chi connectivity index (χ0n) is 17.9. The molecule has 0 unspecified atom stereocenters. The Balaban J connectivity index is 1.40. The van der Waals surface area contributed by atoms with Crippen molar-refractivity contribution in [3.63, 3.8) is 0 Å². The summed E-state index contributed by atoms with van der Waals surface area (Å²) in [5.74, 6) is -0.187. The number of hydrogen-bond donors (Lipinski definition) is 3. The van der Waals surface area contributed by atoms with Gasteiger partial charge in [-0.2, -0.15) is 0 Å². The van der Waals surface area contributed by atoms with Gasteiger partial charge >= 0.3 is 5.69 Å². The second kappa shape index (κ2) is 8.23. The van der Waals surface area contributed by atoms with Crippen molar-refractivity contribution >= 4 is 20.7 Å². The lowest BCUT2D eigenvalue weighted by Gasteiger charge is -2.11. The number of fused-ring (bicyclic) bond motifs is 1. The monoisotopic (exact) mass is 477 g/mol. The van der Waals surface area contributed by atoms with Crippen LogP contribution in [0.2, 0.25) is 0 Å². The van der Waals surface area contributed by atoms with E-state index in [1.54, 1.807) is 12.1 Å². The van der Waals surface area contributed by atoms with Crippen molar-refractivity contribution < 1.29 is 22.7 Å². The molecule has 0 bridgehead atoms. The average molecular weight is 477 g/mol. The normalized spacial score (nSPS) is 11.7. The molecule has 172 valence electrons. The van der Waals surface area contributed by atoms with Gasteiger partial charge in [0.25, 0.3) is 0 Å². The van der Waals surface area contributed by atoms with Gasteiger partial charge in [0, 0.05) is 16.6 Å². The van der Waals surface area contributed by atoms with Gasteiger partial charge in [-0.15, -0.1) is 0 Å². The molecule has 0 amide bonds. The highest BCUT2D eigenvalue weighted by Crippen LogP contribution is 2.34. The zero-order valence-corrected chi connectivity index (χ0v) is 18.7. The summed E-state index contributed by atoms with van der Waals surface area (Å²) in [6.07, 6.45) is 1.17. The van der Waals surface area contributed by atoms with Crippen molar-refractivity contribution in [2.75, 3.05) is 0 Å². The van der Waals surface area contributed by atoms with Crippen molar-refractivity contribution in [2.24, 2.45) is 0 Å². The Bertz CT molecular complexity index is 1660. The second-order valence-corrected chi connectivity index (χ2v) is 9.54. The first-order chi connectivity index (χ1) is 16.3. The number of aromatic hydroxyl groups is 1. The standard InChI is InChI=1S/C24H19N3O6S/c1-14-12-15(18-4-2-3-5-19(18)25-14)13-33-16-6-8-17(9-7-16)34(30,31)20-10-11-32-22(20)21-23(28)27-24(29)26-21/h2-12,28H,13H2,1H3,(H2,26,27,29). The predicted molar refractivity (Wildman–Crippen MR) is 123 cm³/mol. The molecule has 10 heteroatoms. The molecule has 0 saturated heterocycles. The van der Waals surface area contributed by atoms with E-state index in [0.29, 0.717) is 12.4 Å². The van der Waals surface area contributed by atoms with Crippen LogP contribution in [-0.4, -0.2) is 28.5 Å². The number of pyridine rings is 1. The Morgan fingerprint density at radius 2 is 1.82 bits per heavy atom. The summed E-state index contributed by atoms with van der Waals surface area (Å²) in [4.78, 5) is 20.2. The molecule has 5 aromatic rings. The largest absolute Gasteiger partial charge is 0.493 e. The molecule has 0 atom stereocenters. The second-order valence-electron chi connectivity index (χ2n) is 7.62. The van der Waals surface area contributed by atoms with Crippen molar-refractivity contribution in [2.45, 2.75) is 23.3 Å². The number of furan rings is 1. The summed E-state index contributed by atoms with van der Waals surface area (Å²) in [6.45, 7) is 2.21. The Hall–Kier alpha value is -4.31. The predicted octanol–water partition coefficient (Wildman–Crippen LogP) is 3.94. The van der Waals surface area contributed by atoms with Gasteiger partial charge in [-0.05, 0) is 49.4 Å². The maximum absolute atomic E-state index is 13.2. The van der Waals surface area contributed by atoms with Crippen molar-refractivity contribution in [1.82, 2.24) is 15.0 Å². The van der Waals surface area contributed by atoms with E-state index in [-0.39, 0.29) is 21.2 Å². The SMILES string of the molecule is Cc1cc(COc2ccc(S(=O)(=O)c3ccoc3-c3[nH]c(=O)[nH]c3O)cc2)c2ccccc2n1. The van der Waals surface area contributed by atoms with Crippen LogP contribution >= 0.6 is 0 Å². The van der Waals surface area contributed by atoms with E-state index >= 15 is 0 Å². The lowest BCUT2D eigenvalue weighted by Crippen LogP contribution is -2.04. The fourth-order valence-corrected chi connectivity index (χ4v) is 5.12. The lowest BCUT2D eigenvalue weighted by molar-refractivity contribution is 0.307. The van der Waals surface area contributed by atoms with Crippen LogP contribution in [-0.2, 0) is 16.4 Å². The van der Waals surface area contributed by atoms with Crippen LogP contribution in [0.1, 0.15) is 11.3 Å². The number of rotatable bonds is 6. The number of hydrogen-bond acceptors (Lipinski definition) is 7. The number of aromatic amines is 2. The van der Waals surface area contributed by atoms with E-state index in [1.165, 1.54) is 24.5 Å². The number of nitrogens with one attached hydrogen (secondary N) is 2. The lowest BCUT2D eigenvalue weighted by atomic mass is 10.1. The van der Waals surface area contributed by atoms with Gasteiger partial charge in [0.15, 0.2) is 5.76 Å². The van der Waals surface area contributed by atoms with E-state index in [1.807, 2.05) is 37.3 Å². The van der Waals surface area contributed by atoms with E-state index in [4.69, 9.17) is 9.15 Å². The van der Waals surface area contributed by atoms with Gasteiger partial charge < -0.3 is 14.3 Å². The van der Waals surface area contributed by atoms with E-state index < -0.39 is 21.4 Å². The smallest absolute Gasteiger partial charge is 0.326 e. The number of nitrogens with zero attached hydrogens (tertiary/aromatic N) is 1. The summed E-state index contributed by atoms with van der Waals surface area (Å²) in [7, 11) is -4.00. The number of aryl methyl sites for hydroxylation is 1. The van der Waals surface area contributed by atoms with Crippen molar-refractivity contribution in [1.29, 1.82) is 0 Å². The number of ether oxygens (including phenoxy) is 1. The van der Waals surface area contributed by atoms with Crippen LogP contribution in [0.25, 0.3) is 22.4 Å². The highest BCUT2D eigenvalue weighted by atomic mass is 32.2. The maximum atomic E-state index is 13.2. The van der Waals surface area contributed by atoms with Gasteiger partial charge in [0.2, 0.25) is 15.7 Å². The molecule has 5 rings (SSSR count). The third kappa shape index (κ3) is 3.84. The molecule has 3 N–H and O–H groups in total. The first-order valence-corrected chi connectivity index (χ1v) is 11.7. The van der Waals surface area contributed by atoms with Gasteiger partial charge in [0.1, 0.15) is 22.9 Å². The molecule has 0 fully saturated rings. The molecule has 3 heterocycles. The molecule has 2 aromatic carbocycles. The minimum atomic E-state index is -4.00. The number of para-hydroxylation sites is 1. The fraction of sp³-hybridized carbons (Fsp3) is 0.0833. The Kier molecular flexibility index (Phi) is 5.21. The molecule has 3 aromatic heterocycles. The number of imidazole rings is 1. The van der Waals surface area contributed by atoms with Gasteiger partial charge in [-0.3, -0.25) is 15.0 Å². The third-order valence-electron chi connectivity index (χ3n) is 5.31. The third-order valence-corrected chi connectivity index (χ3v) is 7.10. The fourth-order valence-electron chi connectivity index (χ4n) is 3.75. The Labute approximate surface area is 193 Å². The van der Waals surface area contributed by atoms with Gasteiger partial charge in [-0.1, -0.05) is 18.2 Å². The number of benzene rings is 2. The van der Waals surface area contributed by atoms with E-state index in [2.05, 4.69) is 15.0 Å². The number of H-pyrrole nitrogens is 2. The minimum absolute atomic E-state index is 0.00470. The minimum Gasteiger partial charge on any atom is -0.493 e. The van der Waals surface area contributed by atoms with Gasteiger partial charge in [-0.25, -0.2) is 13.2 Å². The van der Waals surface area contributed by atoms with E-state index in [9.17, 15) is 18.3 Å². The first kappa shape index (κ1) is 21.5. The number of aromatic nitrogens is 3. The number of sulfone groups is 1. The topological polar surface area (TPSA) is 138 Å². The molecule has 34 heavy (non-hydrogen) atoms. The zero-order chi connectivity index (χ0) is 23.9. The summed E-state index contributed by atoms with van der Waals surface area (Å²) in [5.41, 5.74) is 1.90. The highest BCUT2D eigenvalue weighted by Gasteiger charge is 2.27. The molecule has 0 radical (unpaired) electrons. The maximum Gasteiger partial charge on any atom is 0.326 e. The van der Waals surface area contributed by atoms with Crippen LogP contribution < -0.4 is 10.4 Å². The van der Waals surface area contributed by atoms with Crippen LogP contribution in [0.15, 0.2) is 85.9 Å². The Morgan fingerprint density at radius 1 is 1.06 bits per heavy atom. The summed E-state index contributed by atoms with van der Waals surface area (Å²) in [6, 6.07) is 17.0. The molecule has 0 aliphatic rings. The summed E-state index contributed by atoms with van der Waals surface area (Å²) < 4.78 is 37.5. The summed E-state index contributed by atoms with van der Waals surface area (Å²) in [5, 5.41) is 10.9. The van der Waals surface area contributed by atoms with Crippen LogP contribution in [0.5, 0.6) is 11.6 Å². The molecular weight excluding hydrogens is 458 g/mol. The van der Waals surface area contributed by atoms with Crippen LogP contribution in [0.4, 0.5) is 0 Å². The van der Waals surface area contributed by atoms with Crippen molar-refractivity contribution in [3.05, 3.63) is 88.7 Å². The van der Waals surface area contributed by atoms with E-state index in [0.717, 1.165) is 22.2 Å². The molecule has 0 aliphatic carbocycles. The quantitative estimate of drug-likeness (QED) is 0.337. The average Bonchev–Trinajstić information content (AvgIpc) is 3.44. The van der Waals surface area contributed by atoms with Crippen LogP contribution in [0, 0.1) is 6.92 Å². The molecular formula is C24H19N3O6S. The first-order valence-electron chi connectivity index (χ1n) is 10.3. The van der Waals surface area contributed by atoms with Gasteiger partial charge in [0.05, 0.1) is 16.7 Å². The van der Waals surface area contributed by atoms with Crippen LogP contribution in [0.3, 0.4) is 0 Å². The molecule has 0 spiro atoms.